The van der Waals surface area contributed by atoms with Crippen molar-refractivity contribution in [3.63, 3.8) is 0 Å². The van der Waals surface area contributed by atoms with Crippen LogP contribution in [-0.4, -0.2) is 35.8 Å². The summed E-state index contributed by atoms with van der Waals surface area (Å²) in [4.78, 5) is 25.6. The number of nitrogens with one attached hydrogen (secondary N) is 2. The molecule has 0 aromatic heterocycles. The van der Waals surface area contributed by atoms with E-state index >= 15 is 0 Å². The van der Waals surface area contributed by atoms with Gasteiger partial charge in [0.25, 0.3) is 0 Å². The number of para-hydroxylation sites is 1. The molecule has 1 saturated heterocycles. The van der Waals surface area contributed by atoms with Gasteiger partial charge < -0.3 is 15.4 Å². The van der Waals surface area contributed by atoms with Gasteiger partial charge in [0.2, 0.25) is 11.8 Å². The van der Waals surface area contributed by atoms with Gasteiger partial charge in [-0.3, -0.25) is 9.59 Å². The Morgan fingerprint density at radius 1 is 1.52 bits per heavy atom. The fraction of sp³-hybridized carbons (Fsp3) is 0.467. The van der Waals surface area contributed by atoms with Crippen molar-refractivity contribution in [1.82, 2.24) is 5.32 Å². The molecule has 3 rings (SSSR count). The Morgan fingerprint density at radius 2 is 2.33 bits per heavy atom. The molecule has 2 N–H and O–H groups in total. The van der Waals surface area contributed by atoms with E-state index in [9.17, 15) is 9.59 Å². The van der Waals surface area contributed by atoms with Gasteiger partial charge in [0.05, 0.1) is 11.8 Å². The third kappa shape index (κ3) is 2.78. The summed E-state index contributed by atoms with van der Waals surface area (Å²) < 4.78 is 4.34. The summed E-state index contributed by atoms with van der Waals surface area (Å²) >= 11 is 1.29. The summed E-state index contributed by atoms with van der Waals surface area (Å²) in [6, 6.07) is 7.50. The fourth-order valence-electron chi connectivity index (χ4n) is 2.50. The molecule has 0 bridgehead atoms. The van der Waals surface area contributed by atoms with Crippen LogP contribution in [-0.2, 0) is 14.3 Å². The van der Waals surface area contributed by atoms with E-state index in [2.05, 4.69) is 10.6 Å². The average molecular weight is 306 g/mol. The maximum atomic E-state index is 12.4. The van der Waals surface area contributed by atoms with Gasteiger partial charge in [-0.05, 0) is 31.9 Å². The zero-order chi connectivity index (χ0) is 14.9. The van der Waals surface area contributed by atoms with Crippen molar-refractivity contribution in [2.24, 2.45) is 0 Å². The van der Waals surface area contributed by atoms with Crippen LogP contribution in [0, 0.1) is 0 Å². The van der Waals surface area contributed by atoms with Crippen molar-refractivity contribution < 1.29 is 14.3 Å². The summed E-state index contributed by atoms with van der Waals surface area (Å²) in [7, 11) is 0. The van der Waals surface area contributed by atoms with E-state index < -0.39 is 4.75 Å². The Bertz CT molecular complexity index is 572. The zero-order valence-corrected chi connectivity index (χ0v) is 12.7. The number of anilines is 1. The lowest BCUT2D eigenvalue weighted by Crippen LogP contribution is -2.53. The lowest BCUT2D eigenvalue weighted by Gasteiger charge is -2.32. The number of hydrogen-bond donors (Lipinski definition) is 2. The standard InChI is InChI=1S/C15H18N2O3S/c1-15(13(18)16-9-10-5-4-8-20-10)14(19)17-11-6-2-3-7-12(11)21-15/h2-3,6-7,10H,4-5,8-9H2,1H3,(H,16,18)(H,17,19)/t10-,15-/m1/s1. The average Bonchev–Trinajstić information content (AvgIpc) is 2.99. The molecule has 0 spiro atoms. The molecular weight excluding hydrogens is 288 g/mol. The molecule has 5 nitrogen and oxygen atoms in total. The highest BCUT2D eigenvalue weighted by molar-refractivity contribution is 8.02. The molecule has 21 heavy (non-hydrogen) atoms. The van der Waals surface area contributed by atoms with E-state index in [0.29, 0.717) is 6.54 Å². The molecule has 2 atom stereocenters. The highest BCUT2D eigenvalue weighted by Gasteiger charge is 2.45. The van der Waals surface area contributed by atoms with Gasteiger partial charge in [0.1, 0.15) is 0 Å². The number of carbonyl (C=O) groups excluding carboxylic acids is 2. The van der Waals surface area contributed by atoms with Crippen molar-refractivity contribution in [2.75, 3.05) is 18.5 Å². The minimum atomic E-state index is -1.15. The summed E-state index contributed by atoms with van der Waals surface area (Å²) in [6.45, 7) is 2.87. The molecule has 2 amide bonds. The normalized spacial score (nSPS) is 27.9. The van der Waals surface area contributed by atoms with Crippen LogP contribution in [0.25, 0.3) is 0 Å². The lowest BCUT2D eigenvalue weighted by atomic mass is 10.1. The van der Waals surface area contributed by atoms with Crippen LogP contribution in [0.3, 0.4) is 0 Å². The first-order valence-electron chi connectivity index (χ1n) is 7.09. The Hall–Kier alpha value is -1.53. The molecule has 6 heteroatoms. The zero-order valence-electron chi connectivity index (χ0n) is 11.8. The molecule has 1 fully saturated rings. The van der Waals surface area contributed by atoms with Gasteiger partial charge >= 0.3 is 0 Å². The molecule has 1 aromatic rings. The molecule has 0 saturated carbocycles. The van der Waals surface area contributed by atoms with Crippen LogP contribution >= 0.6 is 11.8 Å². The van der Waals surface area contributed by atoms with Crippen LogP contribution in [0.5, 0.6) is 0 Å². The Labute approximate surface area is 127 Å². The number of amides is 2. The van der Waals surface area contributed by atoms with Crippen LogP contribution in [0.2, 0.25) is 0 Å². The summed E-state index contributed by atoms with van der Waals surface area (Å²) in [6.07, 6.45) is 2.06. The van der Waals surface area contributed by atoms with E-state index in [1.165, 1.54) is 11.8 Å². The van der Waals surface area contributed by atoms with Crippen LogP contribution in [0.4, 0.5) is 5.69 Å². The van der Waals surface area contributed by atoms with Gasteiger partial charge in [-0.25, -0.2) is 0 Å². The predicted molar refractivity (Wildman–Crippen MR) is 81.3 cm³/mol. The molecular formula is C15H18N2O3S. The predicted octanol–water partition coefficient (Wildman–Crippen LogP) is 1.78. The molecule has 2 aliphatic rings. The number of hydrogen-bond acceptors (Lipinski definition) is 4. The second-order valence-corrected chi connectivity index (χ2v) is 6.89. The second-order valence-electron chi connectivity index (χ2n) is 5.43. The fourth-order valence-corrected chi connectivity index (χ4v) is 3.62. The van der Waals surface area contributed by atoms with Crippen LogP contribution in [0.1, 0.15) is 19.8 Å². The molecule has 112 valence electrons. The third-order valence-electron chi connectivity index (χ3n) is 3.83. The van der Waals surface area contributed by atoms with E-state index in [1.54, 1.807) is 6.92 Å². The van der Waals surface area contributed by atoms with Crippen molar-refractivity contribution in [2.45, 2.75) is 35.5 Å². The maximum absolute atomic E-state index is 12.4. The molecule has 0 radical (unpaired) electrons. The summed E-state index contributed by atoms with van der Waals surface area (Å²) in [5, 5.41) is 5.66. The summed E-state index contributed by atoms with van der Waals surface area (Å²) in [5.41, 5.74) is 0.761. The second kappa shape index (κ2) is 5.69. The van der Waals surface area contributed by atoms with Gasteiger partial charge in [-0.15, -0.1) is 0 Å². The Kier molecular flexibility index (Phi) is 3.91. The van der Waals surface area contributed by atoms with E-state index in [0.717, 1.165) is 30.0 Å². The minimum Gasteiger partial charge on any atom is -0.376 e. The first kappa shape index (κ1) is 14.4. The van der Waals surface area contributed by atoms with Gasteiger partial charge in [0.15, 0.2) is 4.75 Å². The number of rotatable bonds is 3. The molecule has 0 unspecified atom stereocenters. The highest BCUT2D eigenvalue weighted by Crippen LogP contribution is 2.42. The number of fused-ring (bicyclic) bond motifs is 1. The van der Waals surface area contributed by atoms with Crippen molar-refractivity contribution in [3.05, 3.63) is 24.3 Å². The largest absolute Gasteiger partial charge is 0.376 e. The first-order valence-corrected chi connectivity index (χ1v) is 7.90. The molecule has 2 aliphatic heterocycles. The Balaban J connectivity index is 1.70. The quantitative estimate of drug-likeness (QED) is 0.836. The number of carbonyl (C=O) groups is 2. The van der Waals surface area contributed by atoms with E-state index in [-0.39, 0.29) is 17.9 Å². The molecule has 2 heterocycles. The van der Waals surface area contributed by atoms with Crippen LogP contribution in [0.15, 0.2) is 29.2 Å². The van der Waals surface area contributed by atoms with Crippen molar-refractivity contribution in [3.8, 4) is 0 Å². The number of benzene rings is 1. The van der Waals surface area contributed by atoms with E-state index in [4.69, 9.17) is 4.74 Å². The third-order valence-corrected chi connectivity index (χ3v) is 5.19. The van der Waals surface area contributed by atoms with Crippen LogP contribution < -0.4 is 10.6 Å². The Morgan fingerprint density at radius 3 is 3.10 bits per heavy atom. The maximum Gasteiger partial charge on any atom is 0.250 e. The van der Waals surface area contributed by atoms with Gasteiger partial charge in [-0.2, -0.15) is 0 Å². The highest BCUT2D eigenvalue weighted by atomic mass is 32.2. The lowest BCUT2D eigenvalue weighted by molar-refractivity contribution is -0.130. The smallest absolute Gasteiger partial charge is 0.250 e. The first-order chi connectivity index (χ1) is 10.1. The van der Waals surface area contributed by atoms with Gasteiger partial charge in [0, 0.05) is 18.0 Å². The monoisotopic (exact) mass is 306 g/mol. The number of thioether (sulfide) groups is 1. The molecule has 1 aromatic carbocycles. The topological polar surface area (TPSA) is 67.4 Å². The SMILES string of the molecule is C[C@]1(C(=O)NC[C@H]2CCCO2)Sc2ccccc2NC1=O. The summed E-state index contributed by atoms with van der Waals surface area (Å²) in [5.74, 6) is -0.550. The minimum absolute atomic E-state index is 0.0708. The van der Waals surface area contributed by atoms with E-state index in [1.807, 2.05) is 24.3 Å². The van der Waals surface area contributed by atoms with Gasteiger partial charge in [-0.1, -0.05) is 23.9 Å². The molecule has 0 aliphatic carbocycles. The van der Waals surface area contributed by atoms with Crippen molar-refractivity contribution in [1.29, 1.82) is 0 Å². The van der Waals surface area contributed by atoms with Crippen molar-refractivity contribution >= 4 is 29.3 Å². The number of ether oxygens (including phenoxy) is 1.